The van der Waals surface area contributed by atoms with Crippen molar-refractivity contribution < 1.29 is 5.21 Å². The Morgan fingerprint density at radius 3 is 3.00 bits per heavy atom. The normalized spacial score (nSPS) is 27.8. The van der Waals surface area contributed by atoms with Gasteiger partial charge in [-0.25, -0.2) is 4.98 Å². The second-order valence-electron chi connectivity index (χ2n) is 4.85. The average molecular weight is 232 g/mol. The summed E-state index contributed by atoms with van der Waals surface area (Å²) in [6, 6.07) is 6.29. The molecular formula is C12H16N4O. The van der Waals surface area contributed by atoms with Crippen LogP contribution in [0.3, 0.4) is 0 Å². The predicted octanol–water partition coefficient (Wildman–Crippen LogP) is 1.16. The third-order valence-corrected chi connectivity index (χ3v) is 3.81. The zero-order valence-electron chi connectivity index (χ0n) is 9.58. The molecule has 1 aromatic rings. The summed E-state index contributed by atoms with van der Waals surface area (Å²) in [5.74, 6) is 1.84. The SMILES string of the molecule is NC(=NO)c1cccc(N2CC3CCC2C3)n1. The van der Waals surface area contributed by atoms with E-state index in [4.69, 9.17) is 10.9 Å². The summed E-state index contributed by atoms with van der Waals surface area (Å²) in [5, 5.41) is 11.6. The third-order valence-electron chi connectivity index (χ3n) is 3.81. The molecule has 2 aliphatic rings. The first kappa shape index (κ1) is 10.4. The number of oxime groups is 1. The number of piperidine rings is 1. The molecule has 2 bridgehead atoms. The molecule has 0 radical (unpaired) electrons. The Labute approximate surface area is 99.9 Å². The Hall–Kier alpha value is -1.78. The van der Waals surface area contributed by atoms with Gasteiger partial charge in [-0.3, -0.25) is 0 Å². The summed E-state index contributed by atoms with van der Waals surface area (Å²) in [6.45, 7) is 1.09. The molecule has 2 atom stereocenters. The van der Waals surface area contributed by atoms with Gasteiger partial charge >= 0.3 is 0 Å². The fraction of sp³-hybridized carbons (Fsp3) is 0.500. The van der Waals surface area contributed by atoms with Gasteiger partial charge in [-0.1, -0.05) is 11.2 Å². The van der Waals surface area contributed by atoms with Gasteiger partial charge in [0, 0.05) is 12.6 Å². The van der Waals surface area contributed by atoms with Gasteiger partial charge in [-0.2, -0.15) is 0 Å². The number of hydrogen-bond acceptors (Lipinski definition) is 4. The van der Waals surface area contributed by atoms with E-state index < -0.39 is 0 Å². The molecule has 5 heteroatoms. The van der Waals surface area contributed by atoms with Crippen LogP contribution in [0.5, 0.6) is 0 Å². The lowest BCUT2D eigenvalue weighted by atomic mass is 10.1. The third kappa shape index (κ3) is 1.71. The molecule has 1 saturated carbocycles. The van der Waals surface area contributed by atoms with Crippen molar-refractivity contribution >= 4 is 11.7 Å². The maximum absolute atomic E-state index is 8.66. The van der Waals surface area contributed by atoms with Crippen LogP contribution in [0, 0.1) is 5.92 Å². The summed E-state index contributed by atoms with van der Waals surface area (Å²) < 4.78 is 0. The van der Waals surface area contributed by atoms with Crippen LogP contribution >= 0.6 is 0 Å². The van der Waals surface area contributed by atoms with Crippen molar-refractivity contribution in [3.8, 4) is 0 Å². The molecule has 2 unspecified atom stereocenters. The second kappa shape index (κ2) is 3.91. The fourth-order valence-electron chi connectivity index (χ4n) is 2.98. The molecule has 0 amide bonds. The van der Waals surface area contributed by atoms with Crippen molar-refractivity contribution in [2.75, 3.05) is 11.4 Å². The number of pyridine rings is 1. The molecule has 3 rings (SSSR count). The Morgan fingerprint density at radius 1 is 1.47 bits per heavy atom. The molecule has 0 aromatic carbocycles. The molecule has 3 N–H and O–H groups in total. The highest BCUT2D eigenvalue weighted by Crippen LogP contribution is 2.39. The van der Waals surface area contributed by atoms with E-state index in [-0.39, 0.29) is 5.84 Å². The number of nitrogens with zero attached hydrogens (tertiary/aromatic N) is 3. The first-order chi connectivity index (χ1) is 8.28. The van der Waals surface area contributed by atoms with Gasteiger partial charge in [-0.15, -0.1) is 0 Å². The largest absolute Gasteiger partial charge is 0.409 e. The minimum atomic E-state index is 0.0659. The number of hydrogen-bond donors (Lipinski definition) is 2. The van der Waals surface area contributed by atoms with Crippen molar-refractivity contribution in [1.29, 1.82) is 0 Å². The highest BCUT2D eigenvalue weighted by Gasteiger charge is 2.38. The van der Waals surface area contributed by atoms with E-state index >= 15 is 0 Å². The smallest absolute Gasteiger partial charge is 0.188 e. The Morgan fingerprint density at radius 2 is 2.35 bits per heavy atom. The molecule has 0 spiro atoms. The van der Waals surface area contributed by atoms with E-state index in [1.54, 1.807) is 6.07 Å². The minimum Gasteiger partial charge on any atom is -0.409 e. The van der Waals surface area contributed by atoms with Crippen molar-refractivity contribution in [3.63, 3.8) is 0 Å². The molecule has 5 nitrogen and oxygen atoms in total. The maximum Gasteiger partial charge on any atom is 0.188 e. The first-order valence-electron chi connectivity index (χ1n) is 5.99. The van der Waals surface area contributed by atoms with Gasteiger partial charge in [0.2, 0.25) is 0 Å². The van der Waals surface area contributed by atoms with Crippen LogP contribution in [0.25, 0.3) is 0 Å². The summed E-state index contributed by atoms with van der Waals surface area (Å²) in [4.78, 5) is 6.80. The van der Waals surface area contributed by atoms with Gasteiger partial charge in [0.1, 0.15) is 11.5 Å². The van der Waals surface area contributed by atoms with Gasteiger partial charge in [0.15, 0.2) is 5.84 Å². The zero-order chi connectivity index (χ0) is 11.8. The molecule has 17 heavy (non-hydrogen) atoms. The van der Waals surface area contributed by atoms with Crippen molar-refractivity contribution in [3.05, 3.63) is 23.9 Å². The van der Waals surface area contributed by atoms with Crippen LogP contribution < -0.4 is 10.6 Å². The summed E-state index contributed by atoms with van der Waals surface area (Å²) in [5.41, 5.74) is 6.09. The number of anilines is 1. The van der Waals surface area contributed by atoms with Crippen LogP contribution in [0.2, 0.25) is 0 Å². The highest BCUT2D eigenvalue weighted by atomic mass is 16.4. The Bertz CT molecular complexity index is 460. The van der Waals surface area contributed by atoms with Gasteiger partial charge in [0.05, 0.1) is 0 Å². The lowest BCUT2D eigenvalue weighted by Gasteiger charge is -2.28. The maximum atomic E-state index is 8.66. The van der Waals surface area contributed by atoms with Crippen LogP contribution in [0.1, 0.15) is 25.0 Å². The van der Waals surface area contributed by atoms with Gasteiger partial charge in [0.25, 0.3) is 0 Å². The molecule has 1 aliphatic heterocycles. The van der Waals surface area contributed by atoms with E-state index in [0.717, 1.165) is 18.3 Å². The number of fused-ring (bicyclic) bond motifs is 2. The Balaban J connectivity index is 1.89. The van der Waals surface area contributed by atoms with E-state index in [2.05, 4.69) is 15.0 Å². The van der Waals surface area contributed by atoms with E-state index in [1.807, 2.05) is 12.1 Å². The van der Waals surface area contributed by atoms with Crippen molar-refractivity contribution in [2.24, 2.45) is 16.8 Å². The molecule has 90 valence electrons. The molecule has 1 aromatic heterocycles. The van der Waals surface area contributed by atoms with Crippen molar-refractivity contribution in [1.82, 2.24) is 4.98 Å². The standard InChI is InChI=1S/C12H16N4O/c13-12(15-17)10-2-1-3-11(14-10)16-7-8-4-5-9(16)6-8/h1-3,8-9,17H,4-7H2,(H2,13,15). The zero-order valence-corrected chi connectivity index (χ0v) is 9.58. The predicted molar refractivity (Wildman–Crippen MR) is 65.2 cm³/mol. The molecule has 2 heterocycles. The summed E-state index contributed by atoms with van der Waals surface area (Å²) in [7, 11) is 0. The van der Waals surface area contributed by atoms with Crippen molar-refractivity contribution in [2.45, 2.75) is 25.3 Å². The van der Waals surface area contributed by atoms with E-state index in [9.17, 15) is 0 Å². The van der Waals surface area contributed by atoms with E-state index in [0.29, 0.717) is 11.7 Å². The minimum absolute atomic E-state index is 0.0659. The quantitative estimate of drug-likeness (QED) is 0.347. The lowest BCUT2D eigenvalue weighted by Crippen LogP contribution is -2.33. The van der Waals surface area contributed by atoms with Crippen LogP contribution in [0.4, 0.5) is 5.82 Å². The summed E-state index contributed by atoms with van der Waals surface area (Å²) in [6.07, 6.45) is 3.90. The van der Waals surface area contributed by atoms with Crippen LogP contribution in [-0.2, 0) is 0 Å². The topological polar surface area (TPSA) is 74.7 Å². The Kier molecular flexibility index (Phi) is 2.39. The number of aromatic nitrogens is 1. The van der Waals surface area contributed by atoms with Crippen LogP contribution in [-0.4, -0.2) is 28.6 Å². The number of rotatable bonds is 2. The molecule has 1 saturated heterocycles. The number of amidine groups is 1. The molecule has 1 aliphatic carbocycles. The molecular weight excluding hydrogens is 216 g/mol. The fourth-order valence-corrected chi connectivity index (χ4v) is 2.98. The second-order valence-corrected chi connectivity index (χ2v) is 4.85. The first-order valence-corrected chi connectivity index (χ1v) is 5.99. The molecule has 2 fully saturated rings. The van der Waals surface area contributed by atoms with Crippen LogP contribution in [0.15, 0.2) is 23.4 Å². The monoisotopic (exact) mass is 232 g/mol. The van der Waals surface area contributed by atoms with E-state index in [1.165, 1.54) is 19.3 Å². The number of nitrogens with two attached hydrogens (primary N) is 1. The lowest BCUT2D eigenvalue weighted by molar-refractivity contribution is 0.318. The van der Waals surface area contributed by atoms with Gasteiger partial charge < -0.3 is 15.8 Å². The highest BCUT2D eigenvalue weighted by molar-refractivity contribution is 5.95. The average Bonchev–Trinajstić information content (AvgIpc) is 3.00. The summed E-state index contributed by atoms with van der Waals surface area (Å²) >= 11 is 0. The van der Waals surface area contributed by atoms with Gasteiger partial charge in [-0.05, 0) is 37.3 Å².